The molecule has 0 aromatic heterocycles. The molecule has 0 spiro atoms. The summed E-state index contributed by atoms with van der Waals surface area (Å²) in [5.74, 6) is -4.70. The number of esters is 2. The van der Waals surface area contributed by atoms with Gasteiger partial charge in [0.25, 0.3) is 5.91 Å². The third-order valence-electron chi connectivity index (χ3n) is 2.62. The molecule has 1 unspecified atom stereocenters. The van der Waals surface area contributed by atoms with Crippen molar-refractivity contribution in [3.8, 4) is 0 Å². The zero-order valence-corrected chi connectivity index (χ0v) is 13.6. The SMILES string of the molecule is COC(=O)C(C(=O)NOC(C)(C)C)C(=O)OCc1ccccc1. The summed E-state index contributed by atoms with van der Waals surface area (Å²) >= 11 is 0. The number of methoxy groups -OCH3 is 1. The third kappa shape index (κ3) is 6.48. The van der Waals surface area contributed by atoms with Crippen molar-refractivity contribution < 1.29 is 28.7 Å². The lowest BCUT2D eigenvalue weighted by atomic mass is 10.1. The van der Waals surface area contributed by atoms with Crippen molar-refractivity contribution >= 4 is 17.8 Å². The van der Waals surface area contributed by atoms with Crippen molar-refractivity contribution in [3.05, 3.63) is 35.9 Å². The fourth-order valence-electron chi connectivity index (χ4n) is 1.50. The van der Waals surface area contributed by atoms with E-state index in [-0.39, 0.29) is 6.61 Å². The molecule has 0 aliphatic carbocycles. The molecule has 23 heavy (non-hydrogen) atoms. The molecule has 0 radical (unpaired) electrons. The molecule has 0 saturated heterocycles. The van der Waals surface area contributed by atoms with Gasteiger partial charge in [0.2, 0.25) is 5.92 Å². The largest absolute Gasteiger partial charge is 0.468 e. The number of nitrogens with one attached hydrogen (secondary N) is 1. The Morgan fingerprint density at radius 3 is 2.22 bits per heavy atom. The maximum atomic E-state index is 12.0. The number of carbonyl (C=O) groups is 3. The van der Waals surface area contributed by atoms with Gasteiger partial charge >= 0.3 is 11.9 Å². The molecule has 0 heterocycles. The minimum Gasteiger partial charge on any atom is -0.468 e. The Hall–Kier alpha value is -2.41. The van der Waals surface area contributed by atoms with Gasteiger partial charge in [-0.3, -0.25) is 19.2 Å². The lowest BCUT2D eigenvalue weighted by Gasteiger charge is -2.20. The standard InChI is InChI=1S/C16H21NO6/c1-16(2,3)23-17-13(18)12(14(19)21-4)15(20)22-10-11-8-6-5-7-9-11/h5-9,12H,10H2,1-4H3,(H,17,18). The summed E-state index contributed by atoms with van der Waals surface area (Å²) in [6.45, 7) is 5.05. The van der Waals surface area contributed by atoms with Crippen LogP contribution in [0, 0.1) is 5.92 Å². The number of amides is 1. The number of hydroxylamine groups is 1. The maximum absolute atomic E-state index is 12.0. The summed E-state index contributed by atoms with van der Waals surface area (Å²) in [7, 11) is 1.08. The van der Waals surface area contributed by atoms with Gasteiger partial charge in [0, 0.05) is 0 Å². The number of hydrogen-bond acceptors (Lipinski definition) is 6. The van der Waals surface area contributed by atoms with Gasteiger partial charge in [0.1, 0.15) is 6.61 Å². The second kappa shape index (κ2) is 8.28. The predicted octanol–water partition coefficient (Wildman–Crippen LogP) is 1.37. The normalized spacial score (nSPS) is 12.2. The first kappa shape index (κ1) is 18.6. The van der Waals surface area contributed by atoms with E-state index in [0.717, 1.165) is 12.7 Å². The molecule has 0 fully saturated rings. The number of hydrogen-bond donors (Lipinski definition) is 1. The first-order valence-corrected chi connectivity index (χ1v) is 7.01. The van der Waals surface area contributed by atoms with Crippen LogP contribution >= 0.6 is 0 Å². The van der Waals surface area contributed by atoms with Crippen LogP contribution in [0.2, 0.25) is 0 Å². The highest BCUT2D eigenvalue weighted by Crippen LogP contribution is 2.09. The lowest BCUT2D eigenvalue weighted by molar-refractivity contribution is -0.171. The second-order valence-corrected chi connectivity index (χ2v) is 5.73. The van der Waals surface area contributed by atoms with Gasteiger partial charge in [0.05, 0.1) is 12.7 Å². The average molecular weight is 323 g/mol. The van der Waals surface area contributed by atoms with E-state index in [4.69, 9.17) is 9.57 Å². The summed E-state index contributed by atoms with van der Waals surface area (Å²) in [5.41, 5.74) is 2.13. The summed E-state index contributed by atoms with van der Waals surface area (Å²) in [6, 6.07) is 8.89. The van der Waals surface area contributed by atoms with Gasteiger partial charge in [-0.1, -0.05) is 30.3 Å². The number of benzene rings is 1. The number of rotatable bonds is 6. The first-order valence-electron chi connectivity index (χ1n) is 7.01. The highest BCUT2D eigenvalue weighted by molar-refractivity contribution is 6.13. The molecule has 1 atom stereocenters. The Morgan fingerprint density at radius 2 is 1.70 bits per heavy atom. The van der Waals surface area contributed by atoms with Crippen LogP contribution < -0.4 is 5.48 Å². The molecule has 0 saturated carbocycles. The minimum absolute atomic E-state index is 0.0550. The van der Waals surface area contributed by atoms with Gasteiger partial charge in [-0.2, -0.15) is 0 Å². The van der Waals surface area contributed by atoms with Crippen LogP contribution in [0.4, 0.5) is 0 Å². The average Bonchev–Trinajstić information content (AvgIpc) is 2.51. The van der Waals surface area contributed by atoms with Crippen LogP contribution in [0.1, 0.15) is 26.3 Å². The molecule has 0 aliphatic heterocycles. The molecule has 126 valence electrons. The van der Waals surface area contributed by atoms with Crippen molar-refractivity contribution in [2.45, 2.75) is 33.0 Å². The summed E-state index contributed by atoms with van der Waals surface area (Å²) in [5, 5.41) is 0. The Labute approximate surface area is 134 Å². The summed E-state index contributed by atoms with van der Waals surface area (Å²) in [6.07, 6.45) is 0. The van der Waals surface area contributed by atoms with Crippen molar-refractivity contribution in [2.75, 3.05) is 7.11 Å². The topological polar surface area (TPSA) is 90.9 Å². The fraction of sp³-hybridized carbons (Fsp3) is 0.438. The van der Waals surface area contributed by atoms with Gasteiger partial charge in [-0.05, 0) is 26.3 Å². The predicted molar refractivity (Wildman–Crippen MR) is 80.7 cm³/mol. The van der Waals surface area contributed by atoms with E-state index in [1.807, 2.05) is 6.07 Å². The van der Waals surface area contributed by atoms with Crippen molar-refractivity contribution in [3.63, 3.8) is 0 Å². The second-order valence-electron chi connectivity index (χ2n) is 5.73. The van der Waals surface area contributed by atoms with E-state index in [0.29, 0.717) is 0 Å². The van der Waals surface area contributed by atoms with Crippen LogP contribution in [0.25, 0.3) is 0 Å². The van der Waals surface area contributed by atoms with Crippen LogP contribution in [-0.2, 0) is 35.3 Å². The van der Waals surface area contributed by atoms with Crippen molar-refractivity contribution in [1.82, 2.24) is 5.48 Å². The quantitative estimate of drug-likeness (QED) is 0.483. The molecular formula is C16H21NO6. The van der Waals surface area contributed by atoms with E-state index < -0.39 is 29.4 Å². The highest BCUT2D eigenvalue weighted by Gasteiger charge is 2.37. The molecule has 7 nitrogen and oxygen atoms in total. The van der Waals surface area contributed by atoms with E-state index in [9.17, 15) is 14.4 Å². The number of ether oxygens (including phenoxy) is 2. The van der Waals surface area contributed by atoms with Gasteiger partial charge in [-0.15, -0.1) is 0 Å². The van der Waals surface area contributed by atoms with Crippen LogP contribution in [0.3, 0.4) is 0 Å². The molecule has 1 aromatic rings. The highest BCUT2D eigenvalue weighted by atomic mass is 16.7. The van der Waals surface area contributed by atoms with E-state index in [1.54, 1.807) is 45.0 Å². The van der Waals surface area contributed by atoms with E-state index in [2.05, 4.69) is 10.2 Å². The van der Waals surface area contributed by atoms with Gasteiger partial charge < -0.3 is 9.47 Å². The van der Waals surface area contributed by atoms with Crippen LogP contribution in [0.5, 0.6) is 0 Å². The Balaban J connectivity index is 2.71. The zero-order valence-electron chi connectivity index (χ0n) is 13.6. The molecule has 1 N–H and O–H groups in total. The maximum Gasteiger partial charge on any atom is 0.330 e. The minimum atomic E-state index is -1.74. The Kier molecular flexibility index (Phi) is 6.71. The Morgan fingerprint density at radius 1 is 1.09 bits per heavy atom. The zero-order chi connectivity index (χ0) is 17.5. The molecule has 7 heteroatoms. The first-order chi connectivity index (χ1) is 10.7. The van der Waals surface area contributed by atoms with Crippen LogP contribution in [-0.4, -0.2) is 30.6 Å². The molecule has 1 aromatic carbocycles. The van der Waals surface area contributed by atoms with Crippen molar-refractivity contribution in [2.24, 2.45) is 5.92 Å². The van der Waals surface area contributed by atoms with Gasteiger partial charge in [0.15, 0.2) is 0 Å². The van der Waals surface area contributed by atoms with E-state index in [1.165, 1.54) is 0 Å². The molecule has 1 rings (SSSR count). The fourth-order valence-corrected chi connectivity index (χ4v) is 1.50. The summed E-state index contributed by atoms with van der Waals surface area (Å²) in [4.78, 5) is 40.8. The third-order valence-corrected chi connectivity index (χ3v) is 2.62. The van der Waals surface area contributed by atoms with Crippen LogP contribution in [0.15, 0.2) is 30.3 Å². The monoisotopic (exact) mass is 323 g/mol. The summed E-state index contributed by atoms with van der Waals surface area (Å²) < 4.78 is 9.49. The molecule has 0 aliphatic rings. The van der Waals surface area contributed by atoms with Crippen molar-refractivity contribution in [1.29, 1.82) is 0 Å². The smallest absolute Gasteiger partial charge is 0.330 e. The molecule has 1 amide bonds. The molecule has 0 bridgehead atoms. The lowest BCUT2D eigenvalue weighted by Crippen LogP contribution is -2.44. The van der Waals surface area contributed by atoms with E-state index >= 15 is 0 Å². The Bertz CT molecular complexity index is 549. The van der Waals surface area contributed by atoms with Gasteiger partial charge in [-0.25, -0.2) is 5.48 Å². The molecular weight excluding hydrogens is 302 g/mol. The number of carbonyl (C=O) groups excluding carboxylic acids is 3.